The summed E-state index contributed by atoms with van der Waals surface area (Å²) >= 11 is 0. The summed E-state index contributed by atoms with van der Waals surface area (Å²) in [4.78, 5) is 10.7. The van der Waals surface area contributed by atoms with Gasteiger partial charge in [-0.05, 0) is 29.2 Å². The van der Waals surface area contributed by atoms with E-state index in [4.69, 9.17) is 5.11 Å². The summed E-state index contributed by atoms with van der Waals surface area (Å²) in [6.07, 6.45) is 4.11. The number of aromatic carboxylic acids is 1. The lowest BCUT2D eigenvalue weighted by molar-refractivity contribution is 0.0697. The maximum atomic E-state index is 10.7. The fourth-order valence-corrected chi connectivity index (χ4v) is 1.61. The van der Waals surface area contributed by atoms with E-state index < -0.39 is 5.97 Å². The molecule has 0 bridgehead atoms. The minimum atomic E-state index is -0.859. The third kappa shape index (κ3) is 1.24. The van der Waals surface area contributed by atoms with Gasteiger partial charge in [0.15, 0.2) is 0 Å². The lowest BCUT2D eigenvalue weighted by Gasteiger charge is -2.05. The summed E-state index contributed by atoms with van der Waals surface area (Å²) in [5.74, 6) is -0.517. The van der Waals surface area contributed by atoms with Crippen molar-refractivity contribution in [2.24, 2.45) is 0 Å². The van der Waals surface area contributed by atoms with Crippen LogP contribution in [0.2, 0.25) is 0 Å². The van der Waals surface area contributed by atoms with Crippen LogP contribution in [0.5, 0.6) is 0 Å². The third-order valence-electron chi connectivity index (χ3n) is 2.39. The molecule has 0 saturated heterocycles. The van der Waals surface area contributed by atoms with Crippen molar-refractivity contribution in [3.05, 3.63) is 41.0 Å². The fraction of sp³-hybridized carbons (Fsp3) is 0.182. The monoisotopic (exact) mass is 174 g/mol. The second-order valence-electron chi connectivity index (χ2n) is 3.30. The van der Waals surface area contributed by atoms with Crippen LogP contribution >= 0.6 is 0 Å². The SMILES string of the molecule is CC1C=Cc2ccc(C(=O)O)cc21. The van der Waals surface area contributed by atoms with E-state index in [1.165, 1.54) is 0 Å². The van der Waals surface area contributed by atoms with Gasteiger partial charge in [0.2, 0.25) is 0 Å². The third-order valence-corrected chi connectivity index (χ3v) is 2.39. The van der Waals surface area contributed by atoms with Crippen LogP contribution in [-0.2, 0) is 0 Å². The maximum Gasteiger partial charge on any atom is 0.335 e. The number of fused-ring (bicyclic) bond motifs is 1. The highest BCUT2D eigenvalue weighted by Crippen LogP contribution is 2.29. The fourth-order valence-electron chi connectivity index (χ4n) is 1.61. The molecule has 0 fully saturated rings. The van der Waals surface area contributed by atoms with E-state index in [2.05, 4.69) is 13.0 Å². The van der Waals surface area contributed by atoms with Crippen molar-refractivity contribution in [3.8, 4) is 0 Å². The predicted molar refractivity (Wildman–Crippen MR) is 50.9 cm³/mol. The zero-order valence-corrected chi connectivity index (χ0v) is 7.32. The molecule has 1 aliphatic carbocycles. The summed E-state index contributed by atoms with van der Waals surface area (Å²) in [7, 11) is 0. The number of allylic oxidation sites excluding steroid dienone is 1. The molecule has 0 amide bonds. The number of benzene rings is 1. The van der Waals surface area contributed by atoms with Gasteiger partial charge in [-0.2, -0.15) is 0 Å². The smallest absolute Gasteiger partial charge is 0.335 e. The Hall–Kier alpha value is -1.57. The molecule has 1 unspecified atom stereocenters. The molecule has 0 spiro atoms. The van der Waals surface area contributed by atoms with Crippen LogP contribution in [0.1, 0.15) is 34.3 Å². The lowest BCUT2D eigenvalue weighted by atomic mass is 10.00. The Morgan fingerprint density at radius 1 is 1.46 bits per heavy atom. The molecule has 2 heteroatoms. The zero-order valence-electron chi connectivity index (χ0n) is 7.32. The molecule has 1 N–H and O–H groups in total. The van der Waals surface area contributed by atoms with Crippen LogP contribution in [-0.4, -0.2) is 11.1 Å². The second kappa shape index (κ2) is 2.73. The van der Waals surface area contributed by atoms with E-state index in [-0.39, 0.29) is 0 Å². The van der Waals surface area contributed by atoms with Crippen molar-refractivity contribution < 1.29 is 9.90 Å². The Balaban J connectivity index is 2.51. The Labute approximate surface area is 76.5 Å². The molecule has 2 nitrogen and oxygen atoms in total. The quantitative estimate of drug-likeness (QED) is 0.710. The van der Waals surface area contributed by atoms with Crippen molar-refractivity contribution in [2.45, 2.75) is 12.8 Å². The molecular formula is C11H10O2. The Bertz CT molecular complexity index is 391. The Kier molecular flexibility index (Phi) is 1.69. The molecule has 1 aromatic rings. The van der Waals surface area contributed by atoms with Crippen molar-refractivity contribution in [3.63, 3.8) is 0 Å². The molecule has 1 aromatic carbocycles. The van der Waals surface area contributed by atoms with Crippen LogP contribution < -0.4 is 0 Å². The van der Waals surface area contributed by atoms with Gasteiger partial charge in [0.1, 0.15) is 0 Å². The van der Waals surface area contributed by atoms with E-state index in [0.717, 1.165) is 11.1 Å². The molecule has 0 heterocycles. The molecule has 66 valence electrons. The first kappa shape index (κ1) is 8.05. The number of carboxylic acid groups (broad SMARTS) is 1. The first-order valence-corrected chi connectivity index (χ1v) is 4.24. The minimum absolute atomic E-state index is 0.342. The van der Waals surface area contributed by atoms with Crippen LogP contribution in [0, 0.1) is 0 Å². The summed E-state index contributed by atoms with van der Waals surface area (Å²) in [5, 5.41) is 8.78. The molecule has 2 rings (SSSR count). The highest BCUT2D eigenvalue weighted by Gasteiger charge is 2.14. The van der Waals surface area contributed by atoms with E-state index in [0.29, 0.717) is 11.5 Å². The van der Waals surface area contributed by atoms with Crippen molar-refractivity contribution in [2.75, 3.05) is 0 Å². The van der Waals surface area contributed by atoms with Crippen LogP contribution in [0.3, 0.4) is 0 Å². The highest BCUT2D eigenvalue weighted by atomic mass is 16.4. The van der Waals surface area contributed by atoms with E-state index in [1.807, 2.05) is 12.1 Å². The van der Waals surface area contributed by atoms with E-state index in [9.17, 15) is 4.79 Å². The highest BCUT2D eigenvalue weighted by molar-refractivity contribution is 5.88. The molecular weight excluding hydrogens is 164 g/mol. The van der Waals surface area contributed by atoms with Gasteiger partial charge in [0.05, 0.1) is 5.56 Å². The predicted octanol–water partition coefficient (Wildman–Crippen LogP) is 2.52. The standard InChI is InChI=1S/C11H10O2/c1-7-2-3-8-4-5-9(11(12)13)6-10(7)8/h2-7H,1H3,(H,12,13). The van der Waals surface area contributed by atoms with Crippen molar-refractivity contribution in [1.29, 1.82) is 0 Å². The molecule has 1 aliphatic rings. The van der Waals surface area contributed by atoms with Crippen molar-refractivity contribution >= 4 is 12.0 Å². The summed E-state index contributed by atoms with van der Waals surface area (Å²) in [5.41, 5.74) is 2.62. The lowest BCUT2D eigenvalue weighted by Crippen LogP contribution is -1.98. The average Bonchev–Trinajstić information content (AvgIpc) is 2.47. The summed E-state index contributed by atoms with van der Waals surface area (Å²) < 4.78 is 0. The molecule has 0 radical (unpaired) electrons. The summed E-state index contributed by atoms with van der Waals surface area (Å²) in [6.45, 7) is 2.06. The molecule has 0 aliphatic heterocycles. The van der Waals surface area contributed by atoms with Crippen LogP contribution in [0.15, 0.2) is 24.3 Å². The second-order valence-corrected chi connectivity index (χ2v) is 3.30. The van der Waals surface area contributed by atoms with Gasteiger partial charge in [-0.1, -0.05) is 25.1 Å². The zero-order chi connectivity index (χ0) is 9.42. The van der Waals surface area contributed by atoms with Gasteiger partial charge < -0.3 is 5.11 Å². The van der Waals surface area contributed by atoms with Gasteiger partial charge in [-0.25, -0.2) is 4.79 Å². The van der Waals surface area contributed by atoms with Gasteiger partial charge in [0.25, 0.3) is 0 Å². The normalized spacial score (nSPS) is 18.7. The number of hydrogen-bond acceptors (Lipinski definition) is 1. The first-order valence-electron chi connectivity index (χ1n) is 4.24. The van der Waals surface area contributed by atoms with Gasteiger partial charge in [-0.15, -0.1) is 0 Å². The van der Waals surface area contributed by atoms with Gasteiger partial charge in [-0.3, -0.25) is 0 Å². The molecule has 0 aromatic heterocycles. The Morgan fingerprint density at radius 2 is 2.23 bits per heavy atom. The van der Waals surface area contributed by atoms with Gasteiger partial charge in [0, 0.05) is 0 Å². The topological polar surface area (TPSA) is 37.3 Å². The number of carboxylic acids is 1. The minimum Gasteiger partial charge on any atom is -0.478 e. The largest absolute Gasteiger partial charge is 0.478 e. The molecule has 13 heavy (non-hydrogen) atoms. The average molecular weight is 174 g/mol. The maximum absolute atomic E-state index is 10.7. The first-order chi connectivity index (χ1) is 6.18. The number of carbonyl (C=O) groups is 1. The number of rotatable bonds is 1. The molecule has 0 saturated carbocycles. The Morgan fingerprint density at radius 3 is 2.92 bits per heavy atom. The van der Waals surface area contributed by atoms with E-state index in [1.54, 1.807) is 12.1 Å². The van der Waals surface area contributed by atoms with E-state index >= 15 is 0 Å². The molecule has 1 atom stereocenters. The summed E-state index contributed by atoms with van der Waals surface area (Å²) in [6, 6.07) is 5.25. The van der Waals surface area contributed by atoms with Crippen LogP contribution in [0.4, 0.5) is 0 Å². The van der Waals surface area contributed by atoms with Crippen molar-refractivity contribution in [1.82, 2.24) is 0 Å². The van der Waals surface area contributed by atoms with Gasteiger partial charge >= 0.3 is 5.97 Å². The number of hydrogen-bond donors (Lipinski definition) is 1. The van der Waals surface area contributed by atoms with Crippen LogP contribution in [0.25, 0.3) is 6.08 Å².